The van der Waals surface area contributed by atoms with Gasteiger partial charge in [-0.25, -0.2) is 4.68 Å². The van der Waals surface area contributed by atoms with E-state index >= 15 is 0 Å². The van der Waals surface area contributed by atoms with Crippen LogP contribution in [0.4, 0.5) is 0 Å². The third-order valence-corrected chi connectivity index (χ3v) is 3.47. The van der Waals surface area contributed by atoms with Gasteiger partial charge in [0.05, 0.1) is 24.5 Å². The second kappa shape index (κ2) is 5.81. The van der Waals surface area contributed by atoms with Crippen molar-refractivity contribution in [2.45, 2.75) is 6.04 Å². The first-order chi connectivity index (χ1) is 10.3. The molecule has 1 unspecified atom stereocenters. The van der Waals surface area contributed by atoms with E-state index in [1.54, 1.807) is 13.3 Å². The first-order valence-electron chi connectivity index (χ1n) is 6.78. The minimum Gasteiger partial charge on any atom is -0.497 e. The largest absolute Gasteiger partial charge is 0.497 e. The van der Waals surface area contributed by atoms with E-state index in [0.717, 1.165) is 22.7 Å². The molecule has 106 valence electrons. The zero-order valence-corrected chi connectivity index (χ0v) is 11.8. The van der Waals surface area contributed by atoms with Gasteiger partial charge in [0.25, 0.3) is 0 Å². The van der Waals surface area contributed by atoms with E-state index < -0.39 is 0 Å². The molecule has 4 nitrogen and oxygen atoms in total. The molecule has 0 amide bonds. The average Bonchev–Trinajstić information content (AvgIpc) is 3.04. The van der Waals surface area contributed by atoms with Gasteiger partial charge in [-0.1, -0.05) is 30.3 Å². The number of nitrogens with two attached hydrogens (primary N) is 1. The van der Waals surface area contributed by atoms with Crippen molar-refractivity contribution >= 4 is 0 Å². The number of hydrogen-bond acceptors (Lipinski definition) is 3. The van der Waals surface area contributed by atoms with E-state index in [1.807, 2.05) is 65.3 Å². The number of rotatable bonds is 4. The number of benzene rings is 2. The van der Waals surface area contributed by atoms with Gasteiger partial charge < -0.3 is 10.5 Å². The van der Waals surface area contributed by atoms with Crippen LogP contribution in [0.1, 0.15) is 17.3 Å². The Balaban J connectivity index is 1.95. The molecule has 1 atom stereocenters. The maximum atomic E-state index is 6.39. The molecular formula is C17H17N3O. The lowest BCUT2D eigenvalue weighted by molar-refractivity contribution is 0.414. The first kappa shape index (κ1) is 13.4. The third kappa shape index (κ3) is 2.66. The highest BCUT2D eigenvalue weighted by Crippen LogP contribution is 2.23. The lowest BCUT2D eigenvalue weighted by Crippen LogP contribution is -2.16. The van der Waals surface area contributed by atoms with Crippen molar-refractivity contribution in [2.24, 2.45) is 5.73 Å². The minimum absolute atomic E-state index is 0.237. The summed E-state index contributed by atoms with van der Waals surface area (Å²) in [5, 5.41) is 4.38. The summed E-state index contributed by atoms with van der Waals surface area (Å²) in [7, 11) is 1.65. The van der Waals surface area contributed by atoms with Gasteiger partial charge in [-0.3, -0.25) is 0 Å². The van der Waals surface area contributed by atoms with E-state index in [9.17, 15) is 0 Å². The summed E-state index contributed by atoms with van der Waals surface area (Å²) in [6.45, 7) is 0. The van der Waals surface area contributed by atoms with Crippen LogP contribution in [0.2, 0.25) is 0 Å². The summed E-state index contributed by atoms with van der Waals surface area (Å²) < 4.78 is 7.04. The Morgan fingerprint density at radius 2 is 1.71 bits per heavy atom. The fourth-order valence-corrected chi connectivity index (χ4v) is 2.32. The Morgan fingerprint density at radius 1 is 1.00 bits per heavy atom. The fraction of sp³-hybridized carbons (Fsp3) is 0.118. The SMILES string of the molecule is COc1ccc(C(N)c2ccnn2-c2ccccc2)cc1. The maximum absolute atomic E-state index is 6.39. The summed E-state index contributed by atoms with van der Waals surface area (Å²) >= 11 is 0. The molecule has 3 rings (SSSR count). The first-order valence-corrected chi connectivity index (χ1v) is 6.78. The lowest BCUT2D eigenvalue weighted by atomic mass is 10.0. The van der Waals surface area contributed by atoms with Gasteiger partial charge in [0.2, 0.25) is 0 Å². The van der Waals surface area contributed by atoms with Gasteiger partial charge in [-0.05, 0) is 35.9 Å². The number of hydrogen-bond donors (Lipinski definition) is 1. The molecule has 4 heteroatoms. The zero-order valence-electron chi connectivity index (χ0n) is 11.8. The Labute approximate surface area is 123 Å². The number of nitrogens with zero attached hydrogens (tertiary/aromatic N) is 2. The molecule has 1 aromatic heterocycles. The van der Waals surface area contributed by atoms with E-state index in [1.165, 1.54) is 0 Å². The van der Waals surface area contributed by atoms with E-state index in [0.29, 0.717) is 0 Å². The molecule has 3 aromatic rings. The Bertz CT molecular complexity index is 704. The highest BCUT2D eigenvalue weighted by molar-refractivity contribution is 5.37. The molecule has 0 radical (unpaired) electrons. The molecule has 0 aliphatic heterocycles. The second-order valence-corrected chi connectivity index (χ2v) is 4.75. The maximum Gasteiger partial charge on any atom is 0.118 e. The zero-order chi connectivity index (χ0) is 14.7. The predicted molar refractivity (Wildman–Crippen MR) is 82.6 cm³/mol. The lowest BCUT2D eigenvalue weighted by Gasteiger charge is -2.15. The van der Waals surface area contributed by atoms with Crippen molar-refractivity contribution in [2.75, 3.05) is 7.11 Å². The van der Waals surface area contributed by atoms with Crippen molar-refractivity contribution in [3.63, 3.8) is 0 Å². The topological polar surface area (TPSA) is 53.1 Å². The average molecular weight is 279 g/mol. The quantitative estimate of drug-likeness (QED) is 0.799. The van der Waals surface area contributed by atoms with Gasteiger partial charge in [-0.2, -0.15) is 5.10 Å². The van der Waals surface area contributed by atoms with Crippen molar-refractivity contribution < 1.29 is 4.74 Å². The summed E-state index contributed by atoms with van der Waals surface area (Å²) in [6, 6.07) is 19.5. The predicted octanol–water partition coefficient (Wildman–Crippen LogP) is 2.93. The molecule has 2 aromatic carbocycles. The molecule has 21 heavy (non-hydrogen) atoms. The van der Waals surface area contributed by atoms with Crippen molar-refractivity contribution in [3.05, 3.63) is 78.1 Å². The van der Waals surface area contributed by atoms with Gasteiger partial charge in [0.15, 0.2) is 0 Å². The minimum atomic E-state index is -0.237. The van der Waals surface area contributed by atoms with E-state index in [-0.39, 0.29) is 6.04 Å². The molecule has 0 saturated carbocycles. The normalized spacial score (nSPS) is 12.1. The van der Waals surface area contributed by atoms with Crippen molar-refractivity contribution in [1.82, 2.24) is 9.78 Å². The Hall–Kier alpha value is -2.59. The fourth-order valence-electron chi connectivity index (χ4n) is 2.32. The highest BCUT2D eigenvalue weighted by atomic mass is 16.5. The van der Waals surface area contributed by atoms with Gasteiger partial charge >= 0.3 is 0 Å². The molecule has 0 aliphatic rings. The van der Waals surface area contributed by atoms with Crippen LogP contribution < -0.4 is 10.5 Å². The van der Waals surface area contributed by atoms with Crippen LogP contribution in [0.5, 0.6) is 5.75 Å². The molecule has 0 fully saturated rings. The molecule has 2 N–H and O–H groups in total. The van der Waals surface area contributed by atoms with Crippen LogP contribution in [0.3, 0.4) is 0 Å². The molecule has 0 spiro atoms. The Kier molecular flexibility index (Phi) is 3.71. The number of methoxy groups -OCH3 is 1. The molecule has 0 saturated heterocycles. The van der Waals surface area contributed by atoms with Gasteiger partial charge in [0, 0.05) is 6.20 Å². The standard InChI is InChI=1S/C17H17N3O/c1-21-15-9-7-13(8-10-15)17(18)16-11-12-19-20(16)14-5-3-2-4-6-14/h2-12,17H,18H2,1H3. The van der Waals surface area contributed by atoms with E-state index in [2.05, 4.69) is 5.10 Å². The van der Waals surface area contributed by atoms with Gasteiger partial charge in [-0.15, -0.1) is 0 Å². The monoisotopic (exact) mass is 279 g/mol. The third-order valence-electron chi connectivity index (χ3n) is 3.47. The summed E-state index contributed by atoms with van der Waals surface area (Å²) in [5.74, 6) is 0.822. The molecule has 0 bridgehead atoms. The Morgan fingerprint density at radius 3 is 2.38 bits per heavy atom. The summed E-state index contributed by atoms with van der Waals surface area (Å²) in [4.78, 5) is 0. The van der Waals surface area contributed by atoms with Crippen LogP contribution in [-0.2, 0) is 0 Å². The number of aromatic nitrogens is 2. The number of ether oxygens (including phenoxy) is 1. The van der Waals surface area contributed by atoms with Crippen LogP contribution in [0, 0.1) is 0 Å². The molecule has 0 aliphatic carbocycles. The van der Waals surface area contributed by atoms with E-state index in [4.69, 9.17) is 10.5 Å². The van der Waals surface area contributed by atoms with Gasteiger partial charge in [0.1, 0.15) is 5.75 Å². The smallest absolute Gasteiger partial charge is 0.118 e. The van der Waals surface area contributed by atoms with Crippen LogP contribution in [0.15, 0.2) is 66.9 Å². The van der Waals surface area contributed by atoms with Crippen LogP contribution >= 0.6 is 0 Å². The molecular weight excluding hydrogens is 262 g/mol. The summed E-state index contributed by atoms with van der Waals surface area (Å²) in [6.07, 6.45) is 1.77. The van der Waals surface area contributed by atoms with Crippen molar-refractivity contribution in [3.8, 4) is 11.4 Å². The number of para-hydroxylation sites is 1. The van der Waals surface area contributed by atoms with Crippen LogP contribution in [-0.4, -0.2) is 16.9 Å². The summed E-state index contributed by atoms with van der Waals surface area (Å²) in [5.41, 5.74) is 9.36. The molecule has 1 heterocycles. The van der Waals surface area contributed by atoms with Crippen LogP contribution in [0.25, 0.3) is 5.69 Å². The second-order valence-electron chi connectivity index (χ2n) is 4.75. The highest BCUT2D eigenvalue weighted by Gasteiger charge is 2.15. The van der Waals surface area contributed by atoms with Crippen molar-refractivity contribution in [1.29, 1.82) is 0 Å².